The minimum Gasteiger partial charge on any atom is -0.271 e. The van der Waals surface area contributed by atoms with Crippen molar-refractivity contribution in [1.82, 2.24) is 0 Å². The standard InChI is InChI=1S/C13H10N2OS3/c16-12-10-7-3-5-17-6-9(7)19-13(10)15-11(14-12)8-2-1-4-18-8/h1-2,4,10H,3,5-6H2. The van der Waals surface area contributed by atoms with Crippen LogP contribution in [0.2, 0.25) is 0 Å². The lowest BCUT2D eigenvalue weighted by molar-refractivity contribution is -0.118. The summed E-state index contributed by atoms with van der Waals surface area (Å²) < 4.78 is 0. The van der Waals surface area contributed by atoms with E-state index in [-0.39, 0.29) is 11.8 Å². The second-order valence-corrected chi connectivity index (χ2v) is 7.66. The molecule has 6 heteroatoms. The number of fused-ring (bicyclic) bond motifs is 2. The van der Waals surface area contributed by atoms with Crippen LogP contribution in [-0.2, 0) is 4.79 Å². The Bertz CT molecular complexity index is 643. The number of amidine groups is 1. The fourth-order valence-electron chi connectivity index (χ4n) is 2.47. The second kappa shape index (κ2) is 4.61. The van der Waals surface area contributed by atoms with Crippen LogP contribution < -0.4 is 0 Å². The lowest BCUT2D eigenvalue weighted by Crippen LogP contribution is -2.26. The topological polar surface area (TPSA) is 41.8 Å². The van der Waals surface area contributed by atoms with Gasteiger partial charge < -0.3 is 0 Å². The molecule has 19 heavy (non-hydrogen) atoms. The van der Waals surface area contributed by atoms with Crippen LogP contribution in [0.15, 0.2) is 38.0 Å². The SMILES string of the molecule is O=C1N=C(c2cccs2)N=C2SC3=C(CCSC3)C12. The molecule has 0 saturated heterocycles. The summed E-state index contributed by atoms with van der Waals surface area (Å²) in [5, 5.41) is 2.92. The molecule has 1 atom stereocenters. The molecule has 0 fully saturated rings. The van der Waals surface area contributed by atoms with Crippen LogP contribution in [-0.4, -0.2) is 28.3 Å². The zero-order valence-electron chi connectivity index (χ0n) is 9.96. The molecule has 0 N–H and O–H groups in total. The Morgan fingerprint density at radius 3 is 3.11 bits per heavy atom. The first-order valence-corrected chi connectivity index (χ1v) is 8.90. The molecule has 0 radical (unpaired) electrons. The maximum atomic E-state index is 12.3. The van der Waals surface area contributed by atoms with Gasteiger partial charge >= 0.3 is 0 Å². The molecule has 1 aromatic heterocycles. The van der Waals surface area contributed by atoms with E-state index in [2.05, 4.69) is 9.98 Å². The van der Waals surface area contributed by atoms with E-state index in [1.165, 1.54) is 10.5 Å². The highest BCUT2D eigenvalue weighted by molar-refractivity contribution is 8.18. The lowest BCUT2D eigenvalue weighted by Gasteiger charge is -2.17. The fourth-order valence-corrected chi connectivity index (χ4v) is 5.59. The van der Waals surface area contributed by atoms with Crippen LogP contribution in [0.4, 0.5) is 0 Å². The monoisotopic (exact) mass is 306 g/mol. The Hall–Kier alpha value is -0.850. The van der Waals surface area contributed by atoms with E-state index >= 15 is 0 Å². The molecule has 4 rings (SSSR count). The van der Waals surface area contributed by atoms with E-state index in [1.807, 2.05) is 29.3 Å². The minimum atomic E-state index is -0.162. The van der Waals surface area contributed by atoms with E-state index in [9.17, 15) is 4.79 Å². The van der Waals surface area contributed by atoms with Gasteiger partial charge in [-0.2, -0.15) is 16.8 Å². The quantitative estimate of drug-likeness (QED) is 0.800. The van der Waals surface area contributed by atoms with Crippen LogP contribution in [0.1, 0.15) is 11.3 Å². The molecular weight excluding hydrogens is 296 g/mol. The summed E-state index contributed by atoms with van der Waals surface area (Å²) in [6, 6.07) is 3.92. The number of aliphatic imine (C=N–C) groups is 2. The number of carbonyl (C=O) groups is 1. The van der Waals surface area contributed by atoms with Crippen LogP contribution in [0.3, 0.4) is 0 Å². The summed E-state index contributed by atoms with van der Waals surface area (Å²) in [5.74, 6) is 2.53. The Morgan fingerprint density at radius 2 is 2.26 bits per heavy atom. The molecule has 96 valence electrons. The molecule has 1 unspecified atom stereocenters. The fraction of sp³-hybridized carbons (Fsp3) is 0.308. The zero-order chi connectivity index (χ0) is 12.8. The van der Waals surface area contributed by atoms with Crippen molar-refractivity contribution in [3.05, 3.63) is 32.9 Å². The summed E-state index contributed by atoms with van der Waals surface area (Å²) in [7, 11) is 0. The second-order valence-electron chi connectivity index (χ2n) is 4.49. The smallest absolute Gasteiger partial charge is 0.261 e. The van der Waals surface area contributed by atoms with Crippen LogP contribution >= 0.6 is 34.9 Å². The summed E-state index contributed by atoms with van der Waals surface area (Å²) in [6.45, 7) is 0. The lowest BCUT2D eigenvalue weighted by atomic mass is 9.96. The highest BCUT2D eigenvalue weighted by atomic mass is 32.2. The third kappa shape index (κ3) is 1.93. The number of carbonyl (C=O) groups excluding carboxylic acids is 1. The number of nitrogens with zero attached hydrogens (tertiary/aromatic N) is 2. The van der Waals surface area contributed by atoms with Crippen molar-refractivity contribution in [2.24, 2.45) is 15.9 Å². The maximum Gasteiger partial charge on any atom is 0.261 e. The van der Waals surface area contributed by atoms with Crippen LogP contribution in [0, 0.1) is 5.92 Å². The van der Waals surface area contributed by atoms with Crippen molar-refractivity contribution < 1.29 is 4.79 Å². The molecule has 1 amide bonds. The Balaban J connectivity index is 1.73. The van der Waals surface area contributed by atoms with Crippen molar-refractivity contribution in [1.29, 1.82) is 0 Å². The molecule has 3 nitrogen and oxygen atoms in total. The molecule has 3 aliphatic rings. The Kier molecular flexibility index (Phi) is 2.90. The van der Waals surface area contributed by atoms with Crippen LogP contribution in [0.5, 0.6) is 0 Å². The van der Waals surface area contributed by atoms with E-state index in [4.69, 9.17) is 0 Å². The normalized spacial score (nSPS) is 25.9. The third-order valence-corrected chi connectivity index (χ3v) is 6.57. The first-order valence-electron chi connectivity index (χ1n) is 6.05. The summed E-state index contributed by atoms with van der Waals surface area (Å²) in [6.07, 6.45) is 1.01. The first-order chi connectivity index (χ1) is 9.33. The highest BCUT2D eigenvalue weighted by Gasteiger charge is 2.40. The molecular formula is C13H10N2OS3. The largest absolute Gasteiger partial charge is 0.271 e. The first kappa shape index (κ1) is 11.9. The molecule has 0 spiro atoms. The minimum absolute atomic E-state index is 0.0298. The van der Waals surface area contributed by atoms with E-state index in [1.54, 1.807) is 23.1 Å². The van der Waals surface area contributed by atoms with E-state index < -0.39 is 0 Å². The number of hydrogen-bond acceptors (Lipinski definition) is 5. The van der Waals surface area contributed by atoms with E-state index in [0.717, 1.165) is 27.8 Å². The van der Waals surface area contributed by atoms with Crippen molar-refractivity contribution in [3.8, 4) is 0 Å². The van der Waals surface area contributed by atoms with Gasteiger partial charge in [-0.3, -0.25) is 4.79 Å². The predicted octanol–water partition coefficient (Wildman–Crippen LogP) is 3.19. The number of thiophene rings is 1. The van der Waals surface area contributed by atoms with Crippen molar-refractivity contribution in [2.75, 3.05) is 11.5 Å². The molecule has 4 heterocycles. The van der Waals surface area contributed by atoms with Gasteiger partial charge in [0.15, 0.2) is 5.84 Å². The number of rotatable bonds is 1. The summed E-state index contributed by atoms with van der Waals surface area (Å²) in [4.78, 5) is 23.5. The third-order valence-electron chi connectivity index (χ3n) is 3.35. The highest BCUT2D eigenvalue weighted by Crippen LogP contribution is 2.46. The van der Waals surface area contributed by atoms with Gasteiger partial charge in [-0.05, 0) is 29.2 Å². The van der Waals surface area contributed by atoms with Crippen molar-refractivity contribution >= 4 is 51.6 Å². The molecule has 0 bridgehead atoms. The molecule has 0 aromatic carbocycles. The van der Waals surface area contributed by atoms with E-state index in [0.29, 0.717) is 5.84 Å². The van der Waals surface area contributed by atoms with Gasteiger partial charge in [0.25, 0.3) is 5.91 Å². The maximum absolute atomic E-state index is 12.3. The van der Waals surface area contributed by atoms with Crippen LogP contribution in [0.25, 0.3) is 0 Å². The van der Waals surface area contributed by atoms with Gasteiger partial charge in [0.2, 0.25) is 0 Å². The zero-order valence-corrected chi connectivity index (χ0v) is 12.4. The van der Waals surface area contributed by atoms with Gasteiger partial charge in [0.1, 0.15) is 5.92 Å². The van der Waals surface area contributed by atoms with Gasteiger partial charge in [0.05, 0.1) is 9.92 Å². The summed E-state index contributed by atoms with van der Waals surface area (Å²) in [5.41, 5.74) is 1.28. The van der Waals surface area contributed by atoms with Gasteiger partial charge in [0, 0.05) is 10.7 Å². The predicted molar refractivity (Wildman–Crippen MR) is 83.3 cm³/mol. The number of amides is 1. The number of thioether (sulfide) groups is 2. The van der Waals surface area contributed by atoms with Gasteiger partial charge in [-0.1, -0.05) is 17.8 Å². The Morgan fingerprint density at radius 1 is 1.32 bits per heavy atom. The average Bonchev–Trinajstić information content (AvgIpc) is 3.05. The number of hydrogen-bond donors (Lipinski definition) is 0. The van der Waals surface area contributed by atoms with Gasteiger partial charge in [-0.25, -0.2) is 4.99 Å². The molecule has 3 aliphatic heterocycles. The van der Waals surface area contributed by atoms with Gasteiger partial charge in [-0.15, -0.1) is 11.3 Å². The summed E-state index contributed by atoms with van der Waals surface area (Å²) >= 11 is 5.21. The molecule has 0 saturated carbocycles. The average molecular weight is 306 g/mol. The van der Waals surface area contributed by atoms with Crippen molar-refractivity contribution in [2.45, 2.75) is 6.42 Å². The molecule has 1 aromatic rings. The molecule has 0 aliphatic carbocycles. The Labute approximate surface area is 123 Å². The van der Waals surface area contributed by atoms with Crippen molar-refractivity contribution in [3.63, 3.8) is 0 Å².